The molecule has 1 fully saturated rings. The summed E-state index contributed by atoms with van der Waals surface area (Å²) in [5, 5.41) is 0. The maximum absolute atomic E-state index is 12.0. The molecule has 1 aromatic rings. The van der Waals surface area contributed by atoms with Crippen molar-refractivity contribution in [2.24, 2.45) is 0 Å². The molecule has 2 heterocycles. The van der Waals surface area contributed by atoms with Crippen molar-refractivity contribution < 1.29 is 14.6 Å². The number of anilines is 1. The molecular weight excluding hydrogens is 242 g/mol. The maximum atomic E-state index is 12.0. The fourth-order valence-electron chi connectivity index (χ4n) is 2.75. The normalized spacial score (nSPS) is 25.6. The van der Waals surface area contributed by atoms with E-state index in [1.165, 1.54) is 0 Å². The minimum atomic E-state index is -1.07. The van der Waals surface area contributed by atoms with E-state index in [4.69, 9.17) is 4.89 Å². The lowest BCUT2D eigenvalue weighted by Crippen LogP contribution is -2.54. The van der Waals surface area contributed by atoms with Gasteiger partial charge in [0.25, 0.3) is 5.60 Å². The number of para-hydroxylation sites is 1. The third-order valence-electron chi connectivity index (χ3n) is 3.77. The number of benzene rings is 1. The van der Waals surface area contributed by atoms with Gasteiger partial charge in [0.1, 0.15) is 0 Å². The van der Waals surface area contributed by atoms with Crippen LogP contribution in [0.4, 0.5) is 5.69 Å². The van der Waals surface area contributed by atoms with E-state index in [0.29, 0.717) is 0 Å². The van der Waals surface area contributed by atoms with Gasteiger partial charge in [-0.05, 0) is 26.0 Å². The number of hydrogen-bond acceptors (Lipinski definition) is 4. The monoisotopic (exact) mass is 257 g/mol. The van der Waals surface area contributed by atoms with Crippen LogP contribution in [0, 0.1) is 0 Å². The smallest absolute Gasteiger partial charge is 0.344 e. The minimum absolute atomic E-state index is 0.354. The van der Waals surface area contributed by atoms with Gasteiger partial charge in [0, 0.05) is 29.6 Å². The lowest BCUT2D eigenvalue weighted by atomic mass is 9.80. The van der Waals surface area contributed by atoms with Gasteiger partial charge >= 0.3 is 5.97 Å². The van der Waals surface area contributed by atoms with Crippen molar-refractivity contribution in [3.05, 3.63) is 53.3 Å². The SMILES string of the molecule is C/C=C\C1=C(C)C2(OOC2=O)c2ccccc2N1C. The second-order valence-electron chi connectivity index (χ2n) is 4.72. The van der Waals surface area contributed by atoms with Crippen LogP contribution in [0.3, 0.4) is 0 Å². The molecule has 4 nitrogen and oxygen atoms in total. The number of carbonyl (C=O) groups excluding carboxylic acids is 1. The summed E-state index contributed by atoms with van der Waals surface area (Å²) in [6.07, 6.45) is 3.92. The van der Waals surface area contributed by atoms with Crippen LogP contribution in [-0.2, 0) is 20.2 Å². The molecule has 1 atom stereocenters. The standard InChI is InChI=1S/C15H15NO3/c1-4-7-12-10(2)15(14(17)18-19-15)11-8-5-6-9-13(11)16(12)3/h4-9H,1-3H3/b7-4-. The molecule has 0 bridgehead atoms. The molecule has 0 amide bonds. The summed E-state index contributed by atoms with van der Waals surface area (Å²) in [7, 11) is 1.98. The van der Waals surface area contributed by atoms with E-state index in [9.17, 15) is 4.79 Å². The highest BCUT2D eigenvalue weighted by molar-refractivity contribution is 5.92. The number of allylic oxidation sites excluding steroid dienone is 2. The molecular formula is C15H15NO3. The van der Waals surface area contributed by atoms with Gasteiger partial charge < -0.3 is 4.90 Å². The molecule has 0 N–H and O–H groups in total. The van der Waals surface area contributed by atoms with Crippen LogP contribution in [-0.4, -0.2) is 13.0 Å². The molecule has 2 aliphatic heterocycles. The number of fused-ring (bicyclic) bond motifs is 2. The van der Waals surface area contributed by atoms with Crippen molar-refractivity contribution >= 4 is 11.7 Å². The fraction of sp³-hybridized carbons (Fsp3) is 0.267. The number of rotatable bonds is 1. The van der Waals surface area contributed by atoms with Gasteiger partial charge in [-0.3, -0.25) is 4.89 Å². The van der Waals surface area contributed by atoms with Crippen LogP contribution >= 0.6 is 0 Å². The average molecular weight is 257 g/mol. The Hall–Kier alpha value is -2.07. The van der Waals surface area contributed by atoms with E-state index in [-0.39, 0.29) is 5.97 Å². The van der Waals surface area contributed by atoms with Gasteiger partial charge in [-0.2, -0.15) is 4.89 Å². The zero-order valence-electron chi connectivity index (χ0n) is 11.1. The molecule has 1 aromatic carbocycles. The number of nitrogens with zero attached hydrogens (tertiary/aromatic N) is 1. The third-order valence-corrected chi connectivity index (χ3v) is 3.77. The Bertz CT molecular complexity index is 618. The summed E-state index contributed by atoms with van der Waals surface area (Å²) in [6.45, 7) is 3.85. The van der Waals surface area contributed by atoms with Crippen LogP contribution in [0.1, 0.15) is 19.4 Å². The number of hydrogen-bond donors (Lipinski definition) is 0. The van der Waals surface area contributed by atoms with Crippen molar-refractivity contribution in [2.75, 3.05) is 11.9 Å². The van der Waals surface area contributed by atoms with Crippen LogP contribution in [0.5, 0.6) is 0 Å². The van der Waals surface area contributed by atoms with Gasteiger partial charge in [0.15, 0.2) is 0 Å². The Kier molecular flexibility index (Phi) is 2.50. The average Bonchev–Trinajstić information content (AvgIpc) is 2.42. The largest absolute Gasteiger partial charge is 0.387 e. The summed E-state index contributed by atoms with van der Waals surface area (Å²) < 4.78 is 0. The molecule has 0 radical (unpaired) electrons. The van der Waals surface area contributed by atoms with E-state index < -0.39 is 5.60 Å². The number of carbonyl (C=O) groups is 1. The highest BCUT2D eigenvalue weighted by Gasteiger charge is 2.59. The molecule has 3 rings (SSSR count). The van der Waals surface area contributed by atoms with Crippen molar-refractivity contribution in [2.45, 2.75) is 19.4 Å². The molecule has 1 saturated heterocycles. The topological polar surface area (TPSA) is 38.8 Å². The van der Waals surface area contributed by atoms with Crippen LogP contribution in [0.2, 0.25) is 0 Å². The third kappa shape index (κ3) is 1.35. The van der Waals surface area contributed by atoms with Crippen LogP contribution < -0.4 is 4.90 Å². The molecule has 4 heteroatoms. The van der Waals surface area contributed by atoms with Gasteiger partial charge in [-0.15, -0.1) is 0 Å². The molecule has 0 aliphatic carbocycles. The van der Waals surface area contributed by atoms with E-state index in [1.54, 1.807) is 0 Å². The molecule has 0 saturated carbocycles. The Morgan fingerprint density at radius 1 is 1.32 bits per heavy atom. The summed E-state index contributed by atoms with van der Waals surface area (Å²) in [6, 6.07) is 7.72. The fourth-order valence-corrected chi connectivity index (χ4v) is 2.75. The molecule has 0 aromatic heterocycles. The lowest BCUT2D eigenvalue weighted by molar-refractivity contribution is -0.396. The van der Waals surface area contributed by atoms with Gasteiger partial charge in [-0.1, -0.05) is 24.3 Å². The summed E-state index contributed by atoms with van der Waals surface area (Å²) in [5.41, 5.74) is 2.52. The minimum Gasteiger partial charge on any atom is -0.344 e. The molecule has 19 heavy (non-hydrogen) atoms. The summed E-state index contributed by atoms with van der Waals surface area (Å²) >= 11 is 0. The predicted molar refractivity (Wildman–Crippen MR) is 71.2 cm³/mol. The number of likely N-dealkylation sites (N-methyl/N-ethyl adjacent to an activating group) is 1. The van der Waals surface area contributed by atoms with Gasteiger partial charge in [0.05, 0.1) is 0 Å². The van der Waals surface area contributed by atoms with E-state index in [1.807, 2.05) is 57.3 Å². The van der Waals surface area contributed by atoms with Crippen molar-refractivity contribution in [3.63, 3.8) is 0 Å². The first-order valence-electron chi connectivity index (χ1n) is 6.20. The Balaban J connectivity index is 2.30. The quantitative estimate of drug-likeness (QED) is 0.725. The lowest BCUT2D eigenvalue weighted by Gasteiger charge is -2.44. The predicted octanol–water partition coefficient (Wildman–Crippen LogP) is 2.67. The molecule has 98 valence electrons. The van der Waals surface area contributed by atoms with E-state index in [2.05, 4.69) is 9.79 Å². The first kappa shape index (κ1) is 12.0. The maximum Gasteiger partial charge on any atom is 0.387 e. The second-order valence-corrected chi connectivity index (χ2v) is 4.72. The van der Waals surface area contributed by atoms with Crippen LogP contribution in [0.15, 0.2) is 47.7 Å². The highest BCUT2D eigenvalue weighted by Crippen LogP contribution is 2.50. The molecule has 1 unspecified atom stereocenters. The molecule has 1 spiro atoms. The highest BCUT2D eigenvalue weighted by atomic mass is 17.3. The first-order chi connectivity index (χ1) is 9.13. The Morgan fingerprint density at radius 2 is 2.05 bits per heavy atom. The van der Waals surface area contributed by atoms with Gasteiger partial charge in [0.2, 0.25) is 0 Å². The summed E-state index contributed by atoms with van der Waals surface area (Å²) in [4.78, 5) is 23.9. The van der Waals surface area contributed by atoms with E-state index >= 15 is 0 Å². The zero-order valence-corrected chi connectivity index (χ0v) is 11.1. The Morgan fingerprint density at radius 3 is 2.63 bits per heavy atom. The second kappa shape index (κ2) is 3.96. The molecule has 2 aliphatic rings. The van der Waals surface area contributed by atoms with Crippen molar-refractivity contribution in [1.29, 1.82) is 0 Å². The van der Waals surface area contributed by atoms with Crippen molar-refractivity contribution in [3.8, 4) is 0 Å². The van der Waals surface area contributed by atoms with Crippen molar-refractivity contribution in [1.82, 2.24) is 0 Å². The first-order valence-corrected chi connectivity index (χ1v) is 6.20. The zero-order chi connectivity index (χ0) is 13.6. The van der Waals surface area contributed by atoms with E-state index in [0.717, 1.165) is 22.5 Å². The Labute approximate surface area is 111 Å². The van der Waals surface area contributed by atoms with Gasteiger partial charge in [-0.25, -0.2) is 4.79 Å². The summed E-state index contributed by atoms with van der Waals surface area (Å²) in [5.74, 6) is -0.354. The van der Waals surface area contributed by atoms with Crippen LogP contribution in [0.25, 0.3) is 0 Å².